The summed E-state index contributed by atoms with van der Waals surface area (Å²) < 4.78 is 16.5. The van der Waals surface area contributed by atoms with Crippen LogP contribution in [0.4, 0.5) is 0 Å². The van der Waals surface area contributed by atoms with E-state index in [-0.39, 0.29) is 12.2 Å². The number of hydrogen-bond donors (Lipinski definition) is 1. The van der Waals surface area contributed by atoms with Gasteiger partial charge in [0, 0.05) is 20.1 Å². The fraction of sp³-hybridized carbons (Fsp3) is 1.00. The molecule has 2 aliphatic heterocycles. The molecule has 0 aliphatic carbocycles. The summed E-state index contributed by atoms with van der Waals surface area (Å²) in [4.78, 5) is 0. The molecule has 0 spiro atoms. The molecule has 0 amide bonds. The highest BCUT2D eigenvalue weighted by molar-refractivity contribution is 4.90. The highest BCUT2D eigenvalue weighted by Gasteiger charge is 2.46. The molecule has 4 nitrogen and oxygen atoms in total. The van der Waals surface area contributed by atoms with Gasteiger partial charge >= 0.3 is 0 Å². The number of hydrogen-bond acceptors (Lipinski definition) is 4. The van der Waals surface area contributed by atoms with E-state index < -0.39 is 11.9 Å². The van der Waals surface area contributed by atoms with Crippen LogP contribution in [-0.4, -0.2) is 42.9 Å². The molecule has 4 atom stereocenters. The van der Waals surface area contributed by atoms with Crippen molar-refractivity contribution in [2.24, 2.45) is 0 Å². The zero-order chi connectivity index (χ0) is 10.2. The third-order valence-corrected chi connectivity index (χ3v) is 3.23. The van der Waals surface area contributed by atoms with E-state index in [9.17, 15) is 5.11 Å². The lowest BCUT2D eigenvalue weighted by molar-refractivity contribution is -0.331. The molecule has 2 rings (SSSR count). The van der Waals surface area contributed by atoms with Gasteiger partial charge < -0.3 is 19.3 Å². The van der Waals surface area contributed by atoms with Crippen LogP contribution in [0.3, 0.4) is 0 Å². The Morgan fingerprint density at radius 1 is 1.43 bits per heavy atom. The number of methoxy groups -OCH3 is 1. The van der Waals surface area contributed by atoms with Crippen LogP contribution < -0.4 is 0 Å². The first-order valence-corrected chi connectivity index (χ1v) is 5.18. The van der Waals surface area contributed by atoms with Crippen LogP contribution >= 0.6 is 0 Å². The normalized spacial score (nSPS) is 48.6. The molecule has 0 aromatic rings. The highest BCUT2D eigenvalue weighted by atomic mass is 16.7. The van der Waals surface area contributed by atoms with Crippen molar-refractivity contribution in [3.05, 3.63) is 0 Å². The number of ether oxygens (including phenoxy) is 3. The van der Waals surface area contributed by atoms with Crippen LogP contribution in [-0.2, 0) is 14.2 Å². The minimum atomic E-state index is -0.859. The van der Waals surface area contributed by atoms with Gasteiger partial charge in [-0.1, -0.05) is 0 Å². The SMILES string of the molecule is CO[C@@]1(C)O[C@@H]2CCCO[C@H]2C[C@H]1O. The van der Waals surface area contributed by atoms with Gasteiger partial charge in [-0.25, -0.2) is 0 Å². The Balaban J connectivity index is 2.06. The van der Waals surface area contributed by atoms with Gasteiger partial charge in [0.05, 0.1) is 12.2 Å². The Labute approximate surface area is 84.1 Å². The van der Waals surface area contributed by atoms with Gasteiger partial charge in [-0.15, -0.1) is 0 Å². The van der Waals surface area contributed by atoms with Gasteiger partial charge in [0.1, 0.15) is 6.10 Å². The Morgan fingerprint density at radius 3 is 2.93 bits per heavy atom. The summed E-state index contributed by atoms with van der Waals surface area (Å²) in [5.41, 5.74) is 0. The molecule has 0 unspecified atom stereocenters. The maximum atomic E-state index is 9.84. The molecule has 2 fully saturated rings. The molecule has 14 heavy (non-hydrogen) atoms. The Bertz CT molecular complexity index is 208. The molecule has 2 heterocycles. The average Bonchev–Trinajstić information content (AvgIpc) is 2.20. The molecule has 0 bridgehead atoms. The molecule has 2 saturated heterocycles. The molecule has 2 aliphatic rings. The van der Waals surface area contributed by atoms with E-state index >= 15 is 0 Å². The quantitative estimate of drug-likeness (QED) is 0.679. The molecule has 0 aromatic carbocycles. The van der Waals surface area contributed by atoms with E-state index in [1.807, 2.05) is 0 Å². The summed E-state index contributed by atoms with van der Waals surface area (Å²) in [7, 11) is 1.56. The van der Waals surface area contributed by atoms with Crippen molar-refractivity contribution in [1.82, 2.24) is 0 Å². The first kappa shape index (κ1) is 10.4. The van der Waals surface area contributed by atoms with E-state index in [0.717, 1.165) is 19.4 Å². The summed E-state index contributed by atoms with van der Waals surface area (Å²) in [5, 5.41) is 9.84. The standard InChI is InChI=1S/C10H18O4/c1-10(12-2)9(11)6-8-7(14-10)4-3-5-13-8/h7-9,11H,3-6H2,1-2H3/t7-,8+,9-,10+/m1/s1. The second-order valence-corrected chi connectivity index (χ2v) is 4.18. The zero-order valence-corrected chi connectivity index (χ0v) is 8.73. The van der Waals surface area contributed by atoms with Gasteiger partial charge in [0.25, 0.3) is 0 Å². The second kappa shape index (κ2) is 3.77. The van der Waals surface area contributed by atoms with E-state index in [1.165, 1.54) is 0 Å². The Morgan fingerprint density at radius 2 is 2.21 bits per heavy atom. The minimum Gasteiger partial charge on any atom is -0.387 e. The lowest BCUT2D eigenvalue weighted by Gasteiger charge is -2.46. The van der Waals surface area contributed by atoms with Crippen LogP contribution in [0.25, 0.3) is 0 Å². The summed E-state index contributed by atoms with van der Waals surface area (Å²) in [6.07, 6.45) is 2.15. The second-order valence-electron chi connectivity index (χ2n) is 4.18. The van der Waals surface area contributed by atoms with Crippen molar-refractivity contribution < 1.29 is 19.3 Å². The molecular weight excluding hydrogens is 184 g/mol. The third-order valence-electron chi connectivity index (χ3n) is 3.23. The maximum absolute atomic E-state index is 9.84. The van der Waals surface area contributed by atoms with Crippen LogP contribution in [0.2, 0.25) is 0 Å². The first-order chi connectivity index (χ1) is 6.65. The summed E-state index contributed by atoms with van der Waals surface area (Å²) in [5.74, 6) is -0.859. The maximum Gasteiger partial charge on any atom is 0.191 e. The summed E-state index contributed by atoms with van der Waals surface area (Å²) in [6, 6.07) is 0. The van der Waals surface area contributed by atoms with Gasteiger partial charge in [0.2, 0.25) is 0 Å². The predicted molar refractivity (Wildman–Crippen MR) is 49.9 cm³/mol. The number of rotatable bonds is 1. The van der Waals surface area contributed by atoms with Crippen molar-refractivity contribution >= 4 is 0 Å². The van der Waals surface area contributed by atoms with Crippen LogP contribution in [0.5, 0.6) is 0 Å². The van der Waals surface area contributed by atoms with E-state index in [1.54, 1.807) is 14.0 Å². The van der Waals surface area contributed by atoms with Crippen molar-refractivity contribution in [3.63, 3.8) is 0 Å². The Hall–Kier alpha value is -0.160. The van der Waals surface area contributed by atoms with E-state index in [0.29, 0.717) is 6.42 Å². The van der Waals surface area contributed by atoms with Crippen LogP contribution in [0.15, 0.2) is 0 Å². The van der Waals surface area contributed by atoms with Crippen molar-refractivity contribution in [2.45, 2.75) is 50.3 Å². The average molecular weight is 202 g/mol. The zero-order valence-electron chi connectivity index (χ0n) is 8.73. The molecular formula is C10H18O4. The minimum absolute atomic E-state index is 0.0435. The fourth-order valence-electron chi connectivity index (χ4n) is 2.16. The topological polar surface area (TPSA) is 47.9 Å². The van der Waals surface area contributed by atoms with Gasteiger partial charge in [-0.2, -0.15) is 0 Å². The molecule has 0 aromatic heterocycles. The smallest absolute Gasteiger partial charge is 0.191 e. The molecule has 4 heteroatoms. The number of aliphatic hydroxyl groups is 1. The van der Waals surface area contributed by atoms with E-state index in [2.05, 4.69) is 0 Å². The predicted octanol–water partition coefficient (Wildman–Crippen LogP) is 0.678. The molecule has 0 saturated carbocycles. The lowest BCUT2D eigenvalue weighted by atomic mass is 9.92. The molecule has 0 radical (unpaired) electrons. The van der Waals surface area contributed by atoms with Crippen LogP contribution in [0, 0.1) is 0 Å². The molecule has 1 N–H and O–H groups in total. The monoisotopic (exact) mass is 202 g/mol. The summed E-state index contributed by atoms with van der Waals surface area (Å²) in [6.45, 7) is 2.56. The van der Waals surface area contributed by atoms with Gasteiger partial charge in [-0.05, 0) is 19.8 Å². The van der Waals surface area contributed by atoms with Gasteiger partial charge in [-0.3, -0.25) is 0 Å². The first-order valence-electron chi connectivity index (χ1n) is 5.18. The van der Waals surface area contributed by atoms with Crippen LogP contribution in [0.1, 0.15) is 26.2 Å². The van der Waals surface area contributed by atoms with Crippen molar-refractivity contribution in [1.29, 1.82) is 0 Å². The number of aliphatic hydroxyl groups excluding tert-OH is 1. The largest absolute Gasteiger partial charge is 0.387 e. The number of fused-ring (bicyclic) bond motifs is 1. The van der Waals surface area contributed by atoms with E-state index in [4.69, 9.17) is 14.2 Å². The third kappa shape index (κ3) is 1.67. The molecule has 82 valence electrons. The van der Waals surface area contributed by atoms with Crippen molar-refractivity contribution in [3.8, 4) is 0 Å². The Kier molecular flexibility index (Phi) is 2.79. The highest BCUT2D eigenvalue weighted by Crippen LogP contribution is 2.35. The van der Waals surface area contributed by atoms with Gasteiger partial charge in [0.15, 0.2) is 5.79 Å². The summed E-state index contributed by atoms with van der Waals surface area (Å²) >= 11 is 0. The van der Waals surface area contributed by atoms with Crippen molar-refractivity contribution in [2.75, 3.05) is 13.7 Å². The lowest BCUT2D eigenvalue weighted by Crippen LogP contribution is -2.57. The fourth-order valence-corrected chi connectivity index (χ4v) is 2.16.